The highest BCUT2D eigenvalue weighted by atomic mass is 16.2. The highest BCUT2D eigenvalue weighted by Crippen LogP contribution is 2.41. The van der Waals surface area contributed by atoms with Crippen molar-refractivity contribution in [2.45, 2.75) is 57.0 Å². The Balaban J connectivity index is 1.41. The molecule has 168 valence electrons. The zero-order valence-electron chi connectivity index (χ0n) is 18.4. The fourth-order valence-corrected chi connectivity index (χ4v) is 6.04. The maximum atomic E-state index is 13.8. The minimum absolute atomic E-state index is 0.0319. The van der Waals surface area contributed by atoms with Gasteiger partial charge in [-0.05, 0) is 60.9 Å². The third-order valence-electron chi connectivity index (χ3n) is 7.81. The predicted octanol–water partition coefficient (Wildman–Crippen LogP) is 3.34. The molecule has 3 atom stereocenters. The van der Waals surface area contributed by atoms with Crippen LogP contribution in [0.15, 0.2) is 42.5 Å². The molecule has 32 heavy (non-hydrogen) atoms. The van der Waals surface area contributed by atoms with Gasteiger partial charge in [0, 0.05) is 30.6 Å². The number of nitrogens with zero attached hydrogens (tertiary/aromatic N) is 2. The van der Waals surface area contributed by atoms with Crippen molar-refractivity contribution in [3.8, 4) is 0 Å². The Kier molecular flexibility index (Phi) is 5.62. The Morgan fingerprint density at radius 1 is 0.875 bits per heavy atom. The van der Waals surface area contributed by atoms with Gasteiger partial charge < -0.3 is 15.5 Å². The van der Waals surface area contributed by atoms with Crippen molar-refractivity contribution in [1.29, 1.82) is 0 Å². The molecule has 6 heteroatoms. The highest BCUT2D eigenvalue weighted by molar-refractivity contribution is 6.01. The van der Waals surface area contributed by atoms with E-state index in [9.17, 15) is 14.4 Å². The van der Waals surface area contributed by atoms with Gasteiger partial charge >= 0.3 is 0 Å². The van der Waals surface area contributed by atoms with E-state index in [1.807, 2.05) is 52.3 Å². The summed E-state index contributed by atoms with van der Waals surface area (Å²) >= 11 is 0. The number of piperidine rings is 1. The normalized spacial score (nSPS) is 26.2. The number of carbonyl (C=O) groups is 3. The first-order valence-corrected chi connectivity index (χ1v) is 11.9. The molecule has 3 aliphatic rings. The minimum Gasteiger partial charge on any atom is -0.369 e. The first kappa shape index (κ1) is 21.0. The van der Waals surface area contributed by atoms with Gasteiger partial charge in [-0.1, -0.05) is 43.2 Å². The number of primary amides is 1. The zero-order valence-corrected chi connectivity index (χ0v) is 18.4. The number of rotatable bonds is 3. The topological polar surface area (TPSA) is 83.7 Å². The van der Waals surface area contributed by atoms with Crippen LogP contribution in [-0.4, -0.2) is 52.7 Å². The summed E-state index contributed by atoms with van der Waals surface area (Å²) in [4.78, 5) is 42.7. The highest BCUT2D eigenvalue weighted by Gasteiger charge is 2.48. The second kappa shape index (κ2) is 8.57. The fraction of sp³-hybridized carbons (Fsp3) is 0.500. The van der Waals surface area contributed by atoms with Gasteiger partial charge in [0.2, 0.25) is 11.8 Å². The van der Waals surface area contributed by atoms with Gasteiger partial charge in [0.15, 0.2) is 0 Å². The van der Waals surface area contributed by atoms with Crippen LogP contribution in [-0.2, 0) is 9.59 Å². The SMILES string of the molecule is NC(=O)C1CCN(C(=O)[C@@H]2C[C@@H]3CCCC[C@@H]3N2C(=O)c2ccc3ccccc3c2)CC1. The summed E-state index contributed by atoms with van der Waals surface area (Å²) in [7, 11) is 0. The average molecular weight is 434 g/mol. The lowest BCUT2D eigenvalue weighted by Gasteiger charge is -2.37. The van der Waals surface area contributed by atoms with E-state index < -0.39 is 6.04 Å². The van der Waals surface area contributed by atoms with E-state index in [1.165, 1.54) is 6.42 Å². The second-order valence-corrected chi connectivity index (χ2v) is 9.64. The Hall–Kier alpha value is -2.89. The molecule has 0 bridgehead atoms. The average Bonchev–Trinajstić information content (AvgIpc) is 3.22. The maximum Gasteiger partial charge on any atom is 0.254 e. The molecule has 1 saturated carbocycles. The zero-order chi connectivity index (χ0) is 22.2. The number of likely N-dealkylation sites (tertiary alicyclic amines) is 2. The molecule has 2 aromatic rings. The summed E-state index contributed by atoms with van der Waals surface area (Å²) in [5, 5.41) is 2.14. The third kappa shape index (κ3) is 3.76. The molecular formula is C26H31N3O3. The lowest BCUT2D eigenvalue weighted by molar-refractivity contribution is -0.138. The standard InChI is InChI=1S/C26H31N3O3/c27-24(30)18-11-13-28(14-12-18)26(32)23-16-20-7-3-4-8-22(20)29(23)25(31)21-10-9-17-5-1-2-6-19(17)15-21/h1-2,5-6,9-10,15,18,20,22-23H,3-4,7-8,11-14,16H2,(H2,27,30)/t20-,22-,23-/m0/s1. The van der Waals surface area contributed by atoms with Crippen LogP contribution in [0.4, 0.5) is 0 Å². The number of hydrogen-bond acceptors (Lipinski definition) is 3. The van der Waals surface area contributed by atoms with Crippen molar-refractivity contribution in [3.63, 3.8) is 0 Å². The first-order chi connectivity index (χ1) is 15.5. The van der Waals surface area contributed by atoms with E-state index in [1.54, 1.807) is 0 Å². The van der Waals surface area contributed by atoms with Crippen LogP contribution >= 0.6 is 0 Å². The lowest BCUT2D eigenvalue weighted by atomic mass is 9.84. The Morgan fingerprint density at radius 3 is 2.34 bits per heavy atom. The van der Waals surface area contributed by atoms with Crippen LogP contribution < -0.4 is 5.73 Å². The van der Waals surface area contributed by atoms with Gasteiger partial charge in [0.1, 0.15) is 6.04 Å². The van der Waals surface area contributed by atoms with Crippen LogP contribution in [0.1, 0.15) is 55.3 Å². The number of hydrogen-bond donors (Lipinski definition) is 1. The molecule has 0 spiro atoms. The molecule has 2 aromatic carbocycles. The van der Waals surface area contributed by atoms with Crippen LogP contribution in [0.3, 0.4) is 0 Å². The maximum absolute atomic E-state index is 13.8. The van der Waals surface area contributed by atoms with Gasteiger partial charge in [-0.2, -0.15) is 0 Å². The molecule has 3 amide bonds. The number of fused-ring (bicyclic) bond motifs is 2. The lowest BCUT2D eigenvalue weighted by Crippen LogP contribution is -2.52. The van der Waals surface area contributed by atoms with E-state index >= 15 is 0 Å². The van der Waals surface area contributed by atoms with Crippen LogP contribution in [0.25, 0.3) is 10.8 Å². The molecule has 1 aliphatic carbocycles. The van der Waals surface area contributed by atoms with E-state index in [4.69, 9.17) is 5.73 Å². The van der Waals surface area contributed by atoms with Gasteiger partial charge in [-0.15, -0.1) is 0 Å². The monoisotopic (exact) mass is 433 g/mol. The van der Waals surface area contributed by atoms with Crippen LogP contribution in [0.2, 0.25) is 0 Å². The molecule has 6 nitrogen and oxygen atoms in total. The molecule has 2 heterocycles. The molecule has 0 unspecified atom stereocenters. The number of amides is 3. The molecule has 2 N–H and O–H groups in total. The Morgan fingerprint density at radius 2 is 1.59 bits per heavy atom. The smallest absolute Gasteiger partial charge is 0.254 e. The van der Waals surface area contributed by atoms with Gasteiger partial charge in [-0.3, -0.25) is 14.4 Å². The van der Waals surface area contributed by atoms with Crippen molar-refractivity contribution in [1.82, 2.24) is 9.80 Å². The molecule has 0 aromatic heterocycles. The summed E-state index contributed by atoms with van der Waals surface area (Å²) < 4.78 is 0. The molecule has 2 aliphatic heterocycles. The van der Waals surface area contributed by atoms with Crippen LogP contribution in [0.5, 0.6) is 0 Å². The quantitative estimate of drug-likeness (QED) is 0.806. The van der Waals surface area contributed by atoms with E-state index in [2.05, 4.69) is 0 Å². The van der Waals surface area contributed by atoms with Crippen molar-refractivity contribution >= 4 is 28.5 Å². The molecule has 0 radical (unpaired) electrons. The second-order valence-electron chi connectivity index (χ2n) is 9.64. The van der Waals surface area contributed by atoms with E-state index in [-0.39, 0.29) is 29.7 Å². The third-order valence-corrected chi connectivity index (χ3v) is 7.81. The Bertz CT molecular complexity index is 1040. The number of benzene rings is 2. The van der Waals surface area contributed by atoms with Crippen molar-refractivity contribution < 1.29 is 14.4 Å². The summed E-state index contributed by atoms with van der Waals surface area (Å²) in [6, 6.07) is 13.6. The van der Waals surface area contributed by atoms with Crippen LogP contribution in [0, 0.1) is 11.8 Å². The minimum atomic E-state index is -0.410. The molecule has 2 saturated heterocycles. The van der Waals surface area contributed by atoms with Crippen molar-refractivity contribution in [2.24, 2.45) is 17.6 Å². The fourth-order valence-electron chi connectivity index (χ4n) is 6.04. The molecule has 3 fully saturated rings. The van der Waals surface area contributed by atoms with Crippen molar-refractivity contribution in [3.05, 3.63) is 48.0 Å². The van der Waals surface area contributed by atoms with E-state index in [0.29, 0.717) is 37.4 Å². The molecule has 5 rings (SSSR count). The van der Waals surface area contributed by atoms with Gasteiger partial charge in [0.25, 0.3) is 5.91 Å². The van der Waals surface area contributed by atoms with Gasteiger partial charge in [0.05, 0.1) is 0 Å². The number of nitrogens with two attached hydrogens (primary N) is 1. The molecular weight excluding hydrogens is 402 g/mol. The summed E-state index contributed by atoms with van der Waals surface area (Å²) in [6.45, 7) is 1.08. The largest absolute Gasteiger partial charge is 0.369 e. The summed E-state index contributed by atoms with van der Waals surface area (Å²) in [5.41, 5.74) is 6.11. The summed E-state index contributed by atoms with van der Waals surface area (Å²) in [6.07, 6.45) is 6.30. The van der Waals surface area contributed by atoms with Gasteiger partial charge in [-0.25, -0.2) is 0 Å². The first-order valence-electron chi connectivity index (χ1n) is 11.9. The van der Waals surface area contributed by atoms with Crippen molar-refractivity contribution in [2.75, 3.05) is 13.1 Å². The summed E-state index contributed by atoms with van der Waals surface area (Å²) in [5.74, 6) is -0.0325. The Labute approximate surface area is 188 Å². The van der Waals surface area contributed by atoms with E-state index in [0.717, 1.165) is 36.5 Å². The number of carbonyl (C=O) groups excluding carboxylic acids is 3. The predicted molar refractivity (Wildman–Crippen MR) is 123 cm³/mol.